The van der Waals surface area contributed by atoms with Crippen molar-refractivity contribution in [2.24, 2.45) is 0 Å². The monoisotopic (exact) mass is 313 g/mol. The first-order chi connectivity index (χ1) is 8.86. The van der Waals surface area contributed by atoms with Crippen LogP contribution in [-0.2, 0) is 16.3 Å². The molecule has 0 saturated heterocycles. The number of hydrogen-bond acceptors (Lipinski definition) is 2. The highest BCUT2D eigenvalue weighted by Crippen LogP contribution is 2.24. The van der Waals surface area contributed by atoms with Crippen LogP contribution in [0.2, 0.25) is 10.0 Å². The van der Waals surface area contributed by atoms with Crippen LogP contribution in [0.25, 0.3) is 0 Å². The van der Waals surface area contributed by atoms with E-state index in [0.717, 1.165) is 5.56 Å². The van der Waals surface area contributed by atoms with E-state index >= 15 is 0 Å². The van der Waals surface area contributed by atoms with Gasteiger partial charge in [0.15, 0.2) is 9.84 Å². The van der Waals surface area contributed by atoms with Crippen LogP contribution in [0.3, 0.4) is 0 Å². The molecular formula is C14H11Cl2O2S. The Balaban J connectivity index is 2.46. The van der Waals surface area contributed by atoms with Crippen LogP contribution in [0.15, 0.2) is 41.3 Å². The lowest BCUT2D eigenvalue weighted by molar-refractivity contribution is 0.601. The number of rotatable bonds is 3. The Kier molecular flexibility index (Phi) is 4.19. The average Bonchev–Trinajstić information content (AvgIpc) is 2.30. The Hall–Kier alpha value is -1.03. The van der Waals surface area contributed by atoms with Gasteiger partial charge in [-0.2, -0.15) is 0 Å². The van der Waals surface area contributed by atoms with Gasteiger partial charge in [0.2, 0.25) is 0 Å². The lowest BCUT2D eigenvalue weighted by Crippen LogP contribution is -2.03. The van der Waals surface area contributed by atoms with Crippen molar-refractivity contribution in [2.75, 3.05) is 6.26 Å². The molecule has 0 fully saturated rings. The quantitative estimate of drug-likeness (QED) is 0.864. The van der Waals surface area contributed by atoms with Gasteiger partial charge in [0, 0.05) is 22.4 Å². The molecule has 2 aromatic rings. The summed E-state index contributed by atoms with van der Waals surface area (Å²) in [6.45, 7) is 0. The molecule has 0 heterocycles. The van der Waals surface area contributed by atoms with Gasteiger partial charge in [0.1, 0.15) is 0 Å². The zero-order chi connectivity index (χ0) is 14.0. The van der Waals surface area contributed by atoms with Gasteiger partial charge < -0.3 is 0 Å². The second-order valence-corrected chi connectivity index (χ2v) is 7.05. The SMILES string of the molecule is CS(=O)(=O)c1cc(Cl)ccc1Cc1[c]c(Cl)ccc1. The summed E-state index contributed by atoms with van der Waals surface area (Å²) in [6.07, 6.45) is 1.62. The topological polar surface area (TPSA) is 34.1 Å². The van der Waals surface area contributed by atoms with Crippen molar-refractivity contribution in [3.63, 3.8) is 0 Å². The van der Waals surface area contributed by atoms with E-state index in [1.165, 1.54) is 12.3 Å². The van der Waals surface area contributed by atoms with E-state index in [0.29, 0.717) is 22.0 Å². The van der Waals surface area contributed by atoms with Crippen LogP contribution >= 0.6 is 23.2 Å². The third-order valence-electron chi connectivity index (χ3n) is 2.63. The first kappa shape index (κ1) is 14.4. The summed E-state index contributed by atoms with van der Waals surface area (Å²) in [6, 6.07) is 13.2. The molecule has 0 aliphatic heterocycles. The molecule has 0 atom stereocenters. The van der Waals surface area contributed by atoms with E-state index in [-0.39, 0.29) is 4.90 Å². The van der Waals surface area contributed by atoms with Crippen LogP contribution in [-0.4, -0.2) is 14.7 Å². The van der Waals surface area contributed by atoms with Crippen LogP contribution in [0.4, 0.5) is 0 Å². The normalized spacial score (nSPS) is 11.5. The van der Waals surface area contributed by atoms with Crippen molar-refractivity contribution in [3.05, 3.63) is 63.6 Å². The average molecular weight is 314 g/mol. The van der Waals surface area contributed by atoms with Crippen molar-refractivity contribution >= 4 is 33.0 Å². The molecule has 0 spiro atoms. The minimum absolute atomic E-state index is 0.244. The minimum atomic E-state index is -3.32. The van der Waals surface area contributed by atoms with E-state index < -0.39 is 9.84 Å². The summed E-state index contributed by atoms with van der Waals surface area (Å²) < 4.78 is 23.5. The first-order valence-corrected chi connectivity index (χ1v) is 8.16. The zero-order valence-electron chi connectivity index (χ0n) is 10.2. The molecule has 5 heteroatoms. The molecule has 0 aliphatic carbocycles. The van der Waals surface area contributed by atoms with Gasteiger partial charge in [-0.3, -0.25) is 0 Å². The highest BCUT2D eigenvalue weighted by molar-refractivity contribution is 7.90. The smallest absolute Gasteiger partial charge is 0.175 e. The van der Waals surface area contributed by atoms with Crippen molar-refractivity contribution in [1.82, 2.24) is 0 Å². The van der Waals surface area contributed by atoms with E-state index in [4.69, 9.17) is 23.2 Å². The molecule has 0 saturated carbocycles. The molecule has 1 radical (unpaired) electrons. The summed E-state index contributed by atoms with van der Waals surface area (Å²) >= 11 is 11.7. The fourth-order valence-corrected chi connectivity index (χ4v) is 3.20. The molecule has 2 nitrogen and oxygen atoms in total. The maximum absolute atomic E-state index is 11.8. The molecule has 2 aromatic carbocycles. The van der Waals surface area contributed by atoms with Gasteiger partial charge in [0.05, 0.1) is 4.90 Å². The van der Waals surface area contributed by atoms with Crippen molar-refractivity contribution < 1.29 is 8.42 Å². The van der Waals surface area contributed by atoms with Gasteiger partial charge in [-0.25, -0.2) is 8.42 Å². The molecule has 0 N–H and O–H groups in total. The maximum Gasteiger partial charge on any atom is 0.175 e. The molecule has 0 amide bonds. The molecule has 0 aromatic heterocycles. The third-order valence-corrected chi connectivity index (χ3v) is 4.26. The van der Waals surface area contributed by atoms with Crippen LogP contribution in [0, 0.1) is 6.07 Å². The summed E-state index contributed by atoms with van der Waals surface area (Å²) in [5, 5.41) is 0.909. The number of benzene rings is 2. The van der Waals surface area contributed by atoms with Crippen molar-refractivity contribution in [1.29, 1.82) is 0 Å². The lowest BCUT2D eigenvalue weighted by atomic mass is 10.1. The van der Waals surface area contributed by atoms with Crippen LogP contribution < -0.4 is 0 Å². The fourth-order valence-electron chi connectivity index (χ4n) is 1.81. The predicted molar refractivity (Wildman–Crippen MR) is 77.7 cm³/mol. The second kappa shape index (κ2) is 5.53. The largest absolute Gasteiger partial charge is 0.224 e. The summed E-state index contributed by atoms with van der Waals surface area (Å²) in [7, 11) is -3.32. The molecule has 0 unspecified atom stereocenters. The first-order valence-electron chi connectivity index (χ1n) is 5.51. The second-order valence-electron chi connectivity index (χ2n) is 4.22. The van der Waals surface area contributed by atoms with Gasteiger partial charge in [-0.1, -0.05) is 41.4 Å². The summed E-state index contributed by atoms with van der Waals surface area (Å²) in [5.74, 6) is 0. The van der Waals surface area contributed by atoms with Crippen molar-refractivity contribution in [3.8, 4) is 0 Å². The lowest BCUT2D eigenvalue weighted by Gasteiger charge is -2.08. The van der Waals surface area contributed by atoms with E-state index in [9.17, 15) is 8.42 Å². The number of hydrogen-bond donors (Lipinski definition) is 0. The predicted octanol–water partition coefficient (Wildman–Crippen LogP) is 3.79. The van der Waals surface area contributed by atoms with Gasteiger partial charge in [-0.15, -0.1) is 0 Å². The molecule has 99 valence electrons. The molecule has 0 aliphatic rings. The zero-order valence-corrected chi connectivity index (χ0v) is 12.5. The minimum Gasteiger partial charge on any atom is -0.224 e. The van der Waals surface area contributed by atoms with Crippen LogP contribution in [0.1, 0.15) is 11.1 Å². The molecular weight excluding hydrogens is 303 g/mol. The van der Waals surface area contributed by atoms with Crippen molar-refractivity contribution in [2.45, 2.75) is 11.3 Å². The summed E-state index contributed by atoms with van der Waals surface area (Å²) in [4.78, 5) is 0.244. The van der Waals surface area contributed by atoms with E-state index in [1.54, 1.807) is 18.2 Å². The Bertz CT molecular complexity index is 709. The maximum atomic E-state index is 11.8. The molecule has 2 rings (SSSR count). The Labute approximate surface area is 122 Å². The highest BCUT2D eigenvalue weighted by Gasteiger charge is 2.14. The molecule has 0 bridgehead atoms. The van der Waals surface area contributed by atoms with Gasteiger partial charge in [-0.05, 0) is 35.7 Å². The van der Waals surface area contributed by atoms with Gasteiger partial charge >= 0.3 is 0 Å². The number of halogens is 2. The van der Waals surface area contributed by atoms with Crippen LogP contribution in [0.5, 0.6) is 0 Å². The third kappa shape index (κ3) is 3.72. The highest BCUT2D eigenvalue weighted by atomic mass is 35.5. The fraction of sp³-hybridized carbons (Fsp3) is 0.143. The Morgan fingerprint density at radius 1 is 1.16 bits per heavy atom. The standard InChI is InChI=1S/C14H11Cl2O2S/c1-19(17,18)14-9-13(16)6-5-11(14)7-10-3-2-4-12(15)8-10/h2-6,9H,7H2,1H3. The van der Waals surface area contributed by atoms with Gasteiger partial charge in [0.25, 0.3) is 0 Å². The Morgan fingerprint density at radius 3 is 2.53 bits per heavy atom. The molecule has 19 heavy (non-hydrogen) atoms. The van der Waals surface area contributed by atoms with E-state index in [1.807, 2.05) is 12.1 Å². The van der Waals surface area contributed by atoms with E-state index in [2.05, 4.69) is 6.07 Å². The number of sulfone groups is 1. The summed E-state index contributed by atoms with van der Waals surface area (Å²) in [5.41, 5.74) is 1.52. The Morgan fingerprint density at radius 2 is 1.89 bits per heavy atom.